The van der Waals surface area contributed by atoms with Crippen molar-refractivity contribution >= 4 is 18.0 Å². The van der Waals surface area contributed by atoms with Gasteiger partial charge in [-0.15, -0.1) is 4.40 Å². The maximum Gasteiger partial charge on any atom is 0.247 e. The highest BCUT2D eigenvalue weighted by Gasteiger charge is 2.03. The highest BCUT2D eigenvalue weighted by molar-refractivity contribution is 7.98. The highest BCUT2D eigenvalue weighted by Crippen LogP contribution is 2.27. The van der Waals surface area contributed by atoms with E-state index >= 15 is 0 Å². The van der Waals surface area contributed by atoms with Crippen LogP contribution in [0.2, 0.25) is 0 Å². The molecular weight excluding hydrogens is 182 g/mol. The monoisotopic (exact) mass is 193 g/mol. The molecule has 0 saturated heterocycles. The maximum atomic E-state index is 9.98. The van der Waals surface area contributed by atoms with Crippen molar-refractivity contribution in [1.82, 2.24) is 0 Å². The van der Waals surface area contributed by atoms with Crippen LogP contribution in [0.15, 0.2) is 27.5 Å². The summed E-state index contributed by atoms with van der Waals surface area (Å²) in [6.45, 7) is 4.10. The Hall–Kier alpha value is -1.05. The average molecular weight is 193 g/mol. The van der Waals surface area contributed by atoms with E-state index in [0.29, 0.717) is 0 Å². The molecule has 0 atom stereocenters. The van der Waals surface area contributed by atoms with Crippen LogP contribution in [0.5, 0.6) is 0 Å². The smallest absolute Gasteiger partial charge is 0.210 e. The predicted octanol–water partition coefficient (Wildman–Crippen LogP) is 2.90. The molecule has 3 heteroatoms. The Morgan fingerprint density at radius 2 is 2.31 bits per heavy atom. The number of hydrogen-bond donors (Lipinski definition) is 0. The Kier molecular flexibility index (Phi) is 3.74. The van der Waals surface area contributed by atoms with Crippen LogP contribution >= 0.6 is 11.9 Å². The van der Waals surface area contributed by atoms with Gasteiger partial charge in [0.2, 0.25) is 6.08 Å². The summed E-state index contributed by atoms with van der Waals surface area (Å²) in [4.78, 5) is 11.1. The summed E-state index contributed by atoms with van der Waals surface area (Å²) < 4.78 is 3.52. The van der Waals surface area contributed by atoms with E-state index in [0.717, 1.165) is 16.9 Å². The second-order valence-electron chi connectivity index (χ2n) is 2.69. The predicted molar refractivity (Wildman–Crippen MR) is 54.5 cm³/mol. The SMILES string of the molecule is CCc1cccc(C)c1SN=C=O. The number of isocyanates is 1. The van der Waals surface area contributed by atoms with Gasteiger partial charge in [0.05, 0.1) is 0 Å². The zero-order valence-corrected chi connectivity index (χ0v) is 8.52. The molecule has 0 spiro atoms. The molecule has 0 heterocycles. The van der Waals surface area contributed by atoms with Crippen molar-refractivity contribution in [2.75, 3.05) is 0 Å². The Bertz CT molecular complexity index is 343. The third kappa shape index (κ3) is 2.44. The fourth-order valence-electron chi connectivity index (χ4n) is 1.19. The van der Waals surface area contributed by atoms with Gasteiger partial charge in [-0.2, -0.15) is 0 Å². The van der Waals surface area contributed by atoms with Crippen LogP contribution in [0.1, 0.15) is 18.1 Å². The van der Waals surface area contributed by atoms with Crippen LogP contribution in [0.4, 0.5) is 0 Å². The number of aryl methyl sites for hydroxylation is 2. The molecule has 0 aromatic heterocycles. The van der Waals surface area contributed by atoms with Gasteiger partial charge in [-0.05, 0) is 24.5 Å². The minimum absolute atomic E-state index is 0.957. The Balaban J connectivity index is 3.06. The lowest BCUT2D eigenvalue weighted by atomic mass is 10.1. The molecular formula is C10H11NOS. The zero-order valence-electron chi connectivity index (χ0n) is 7.70. The van der Waals surface area contributed by atoms with E-state index in [9.17, 15) is 4.79 Å². The maximum absolute atomic E-state index is 9.98. The Morgan fingerprint density at radius 3 is 2.92 bits per heavy atom. The van der Waals surface area contributed by atoms with Crippen molar-refractivity contribution in [3.8, 4) is 0 Å². The summed E-state index contributed by atoms with van der Waals surface area (Å²) in [7, 11) is 0. The number of benzene rings is 1. The molecule has 68 valence electrons. The van der Waals surface area contributed by atoms with Crippen molar-refractivity contribution in [1.29, 1.82) is 0 Å². The summed E-state index contributed by atoms with van der Waals surface area (Å²) in [5.74, 6) is 0. The van der Waals surface area contributed by atoms with Gasteiger partial charge in [0.1, 0.15) is 0 Å². The largest absolute Gasteiger partial charge is 0.247 e. The van der Waals surface area contributed by atoms with Gasteiger partial charge in [0, 0.05) is 16.8 Å². The minimum Gasteiger partial charge on any atom is -0.210 e. The van der Waals surface area contributed by atoms with Gasteiger partial charge in [0.25, 0.3) is 0 Å². The molecule has 0 unspecified atom stereocenters. The number of carbonyl (C=O) groups excluding carboxylic acids is 1. The summed E-state index contributed by atoms with van der Waals surface area (Å²) in [5.41, 5.74) is 2.38. The standard InChI is InChI=1S/C10H11NOS/c1-3-9-6-4-5-8(2)10(9)13-11-7-12/h4-6H,3H2,1-2H3. The first-order valence-corrected chi connectivity index (χ1v) is 4.89. The molecule has 0 saturated carbocycles. The fraction of sp³-hybridized carbons (Fsp3) is 0.300. The van der Waals surface area contributed by atoms with E-state index in [1.54, 1.807) is 0 Å². The molecule has 0 aliphatic carbocycles. The molecule has 0 fully saturated rings. The average Bonchev–Trinajstić information content (AvgIpc) is 2.15. The van der Waals surface area contributed by atoms with Crippen LogP contribution in [0, 0.1) is 6.92 Å². The summed E-state index contributed by atoms with van der Waals surface area (Å²) >= 11 is 1.20. The van der Waals surface area contributed by atoms with Gasteiger partial charge in [0.15, 0.2) is 0 Å². The molecule has 1 rings (SSSR count). The van der Waals surface area contributed by atoms with Crippen LogP contribution in [-0.2, 0) is 11.2 Å². The van der Waals surface area contributed by atoms with E-state index in [1.165, 1.54) is 23.6 Å². The Morgan fingerprint density at radius 1 is 1.54 bits per heavy atom. The van der Waals surface area contributed by atoms with Crippen molar-refractivity contribution in [3.05, 3.63) is 29.3 Å². The molecule has 0 amide bonds. The Labute approximate surface area is 82.2 Å². The molecule has 0 radical (unpaired) electrons. The van der Waals surface area contributed by atoms with Gasteiger partial charge in [-0.1, -0.05) is 25.1 Å². The third-order valence-corrected chi connectivity index (χ3v) is 2.78. The number of rotatable bonds is 3. The highest BCUT2D eigenvalue weighted by atomic mass is 32.2. The topological polar surface area (TPSA) is 29.4 Å². The van der Waals surface area contributed by atoms with Crippen molar-refractivity contribution < 1.29 is 4.79 Å². The zero-order chi connectivity index (χ0) is 9.68. The lowest BCUT2D eigenvalue weighted by Crippen LogP contribution is -1.87. The van der Waals surface area contributed by atoms with Gasteiger partial charge >= 0.3 is 0 Å². The molecule has 0 aliphatic heterocycles. The van der Waals surface area contributed by atoms with E-state index in [1.807, 2.05) is 19.1 Å². The summed E-state index contributed by atoms with van der Waals surface area (Å²) in [5, 5.41) is 0. The molecule has 1 aromatic carbocycles. The van der Waals surface area contributed by atoms with Crippen LogP contribution in [-0.4, -0.2) is 6.08 Å². The second-order valence-corrected chi connectivity index (χ2v) is 3.46. The minimum atomic E-state index is 0.957. The van der Waals surface area contributed by atoms with E-state index in [4.69, 9.17) is 0 Å². The fourth-order valence-corrected chi connectivity index (χ4v) is 1.86. The molecule has 2 nitrogen and oxygen atoms in total. The third-order valence-electron chi connectivity index (χ3n) is 1.85. The number of hydrogen-bond acceptors (Lipinski definition) is 3. The lowest BCUT2D eigenvalue weighted by molar-refractivity contribution is 0.566. The van der Waals surface area contributed by atoms with Crippen LogP contribution < -0.4 is 0 Å². The second kappa shape index (κ2) is 4.85. The van der Waals surface area contributed by atoms with E-state index < -0.39 is 0 Å². The first-order valence-electron chi connectivity index (χ1n) is 4.12. The quantitative estimate of drug-likeness (QED) is 0.419. The van der Waals surface area contributed by atoms with Gasteiger partial charge in [-0.25, -0.2) is 4.79 Å². The molecule has 13 heavy (non-hydrogen) atoms. The summed E-state index contributed by atoms with van der Waals surface area (Å²) in [6.07, 6.45) is 2.49. The summed E-state index contributed by atoms with van der Waals surface area (Å²) in [6, 6.07) is 6.08. The van der Waals surface area contributed by atoms with Crippen molar-refractivity contribution in [2.45, 2.75) is 25.2 Å². The first kappa shape index (κ1) is 10.0. The molecule has 1 aromatic rings. The van der Waals surface area contributed by atoms with E-state index in [2.05, 4.69) is 17.4 Å². The van der Waals surface area contributed by atoms with Crippen LogP contribution in [0.25, 0.3) is 0 Å². The normalized spacial score (nSPS) is 9.38. The van der Waals surface area contributed by atoms with Gasteiger partial charge in [-0.3, -0.25) is 0 Å². The first-order chi connectivity index (χ1) is 6.29. The lowest BCUT2D eigenvalue weighted by Gasteiger charge is -2.05. The van der Waals surface area contributed by atoms with Gasteiger partial charge < -0.3 is 0 Å². The van der Waals surface area contributed by atoms with Crippen LogP contribution in [0.3, 0.4) is 0 Å². The number of nitrogens with zero attached hydrogens (tertiary/aromatic N) is 1. The molecule has 0 bridgehead atoms. The van der Waals surface area contributed by atoms with Crippen molar-refractivity contribution in [3.63, 3.8) is 0 Å². The van der Waals surface area contributed by atoms with Crippen molar-refractivity contribution in [2.24, 2.45) is 4.40 Å². The molecule has 0 aliphatic rings. The van der Waals surface area contributed by atoms with E-state index in [-0.39, 0.29) is 0 Å². The molecule has 0 N–H and O–H groups in total.